The van der Waals surface area contributed by atoms with Crippen LogP contribution in [-0.4, -0.2) is 83.9 Å². The normalized spacial score (nSPS) is 28.0. The predicted molar refractivity (Wildman–Crippen MR) is 177 cm³/mol. The number of likely N-dealkylation sites (tertiary alicyclic amines) is 1. The van der Waals surface area contributed by atoms with Gasteiger partial charge in [-0.1, -0.05) is 39.3 Å². The highest BCUT2D eigenvalue weighted by molar-refractivity contribution is 6.05. The molecule has 3 heterocycles. The second-order valence-corrected chi connectivity index (χ2v) is 12.7. The Kier molecular flexibility index (Phi) is 11.2. The van der Waals surface area contributed by atoms with Crippen LogP contribution in [0.15, 0.2) is 49.6 Å². The van der Waals surface area contributed by atoms with Gasteiger partial charge in [-0.15, -0.1) is 13.2 Å². The van der Waals surface area contributed by atoms with Crippen LogP contribution in [0, 0.1) is 17.8 Å². The summed E-state index contributed by atoms with van der Waals surface area (Å²) in [7, 11) is 0. The number of anilines is 2. The number of carbonyl (C=O) groups excluding carboxylic acids is 3. The zero-order chi connectivity index (χ0) is 32.9. The molecule has 0 aromatic heterocycles. The fourth-order valence-corrected chi connectivity index (χ4v) is 7.99. The van der Waals surface area contributed by atoms with Gasteiger partial charge < -0.3 is 29.3 Å². The van der Waals surface area contributed by atoms with Crippen molar-refractivity contribution in [3.63, 3.8) is 0 Å². The summed E-state index contributed by atoms with van der Waals surface area (Å²) in [6, 6.07) is 6.22. The number of ether oxygens (including phenoxy) is 2. The zero-order valence-corrected chi connectivity index (χ0v) is 27.9. The summed E-state index contributed by atoms with van der Waals surface area (Å²) in [4.78, 5) is 48.9. The van der Waals surface area contributed by atoms with E-state index in [4.69, 9.17) is 9.47 Å². The average molecular weight is 624 g/mol. The van der Waals surface area contributed by atoms with Crippen LogP contribution in [0.1, 0.15) is 73.1 Å². The van der Waals surface area contributed by atoms with Gasteiger partial charge in [0, 0.05) is 31.0 Å². The van der Waals surface area contributed by atoms with Gasteiger partial charge in [0.15, 0.2) is 0 Å². The predicted octanol–water partition coefficient (Wildman–Crippen LogP) is 5.12. The van der Waals surface area contributed by atoms with Crippen LogP contribution in [-0.2, 0) is 23.9 Å². The lowest BCUT2D eigenvalue weighted by atomic mass is 9.65. The molecule has 7 atom stereocenters. The van der Waals surface area contributed by atoms with Crippen molar-refractivity contribution >= 4 is 29.2 Å². The van der Waals surface area contributed by atoms with Crippen LogP contribution < -0.4 is 9.80 Å². The average Bonchev–Trinajstić information content (AvgIpc) is 3.66. The Morgan fingerprint density at radius 2 is 1.78 bits per heavy atom. The molecule has 3 saturated heterocycles. The molecular formula is C36H53N3O6. The van der Waals surface area contributed by atoms with Gasteiger partial charge in [0.05, 0.1) is 30.8 Å². The quantitative estimate of drug-likeness (QED) is 0.146. The fraction of sp³-hybridized carbons (Fsp3) is 0.639. The topological polar surface area (TPSA) is 99.6 Å². The first-order valence-corrected chi connectivity index (χ1v) is 16.8. The van der Waals surface area contributed by atoms with Gasteiger partial charge in [0.1, 0.15) is 17.6 Å². The molecule has 4 rings (SSSR count). The van der Waals surface area contributed by atoms with Gasteiger partial charge in [0.25, 0.3) is 5.91 Å². The highest BCUT2D eigenvalue weighted by Gasteiger charge is 2.79. The van der Waals surface area contributed by atoms with Gasteiger partial charge in [0.2, 0.25) is 5.91 Å². The molecule has 0 saturated carbocycles. The van der Waals surface area contributed by atoms with Crippen molar-refractivity contribution < 1.29 is 29.0 Å². The first-order chi connectivity index (χ1) is 21.6. The molecule has 0 aliphatic carbocycles. The number of unbranched alkanes of at least 4 members (excludes halogenated alkanes) is 1. The molecule has 2 unspecified atom stereocenters. The summed E-state index contributed by atoms with van der Waals surface area (Å²) in [5.41, 5.74) is -0.361. The maximum atomic E-state index is 15.0. The molecule has 1 aromatic carbocycles. The monoisotopic (exact) mass is 623 g/mol. The molecule has 1 aromatic rings. The highest BCUT2D eigenvalue weighted by atomic mass is 16.6. The van der Waals surface area contributed by atoms with Crippen LogP contribution >= 0.6 is 0 Å². The number of hydrogen-bond donors (Lipinski definition) is 1. The van der Waals surface area contributed by atoms with Crippen LogP contribution in [0.5, 0.6) is 0 Å². The standard InChI is InChI=1S/C36H53N3O6/c1-8-14-15-23-44-34(43)30-29-32(41)39(28(24-40)25(7)10-3)31(36(29)21-20-35(30,11-4)45-36)33(42)38(22-9-2)27-18-16-26(17-19-27)37(12-5)13-6/h8-9,16-19,25,28-31,40H,1-2,10-15,20-24H2,3-7H3/t25-,28-,29-,30-,31?,35+,36?/m0/s1. The van der Waals surface area contributed by atoms with Gasteiger partial charge in [-0.05, 0) is 76.1 Å². The van der Waals surface area contributed by atoms with E-state index >= 15 is 0 Å². The number of fused-ring (bicyclic) bond motifs is 1. The molecular weight excluding hydrogens is 570 g/mol. The van der Waals surface area contributed by atoms with E-state index in [1.807, 2.05) is 45.0 Å². The van der Waals surface area contributed by atoms with Crippen molar-refractivity contribution in [3.8, 4) is 0 Å². The van der Waals surface area contributed by atoms with Crippen molar-refractivity contribution in [1.82, 2.24) is 4.90 Å². The van der Waals surface area contributed by atoms with E-state index in [0.29, 0.717) is 44.2 Å². The SMILES string of the molecule is C=CCCCOC(=O)[C@@H]1[C@H]2C(=O)N([C@@H](CO)[C@@H](C)CC)C(C(=O)N(CC=C)c3ccc(N(CC)CC)cc3)C23CC[C@@]1(CC)O3. The fourth-order valence-electron chi connectivity index (χ4n) is 7.99. The van der Waals surface area contributed by atoms with Crippen LogP contribution in [0.25, 0.3) is 0 Å². The lowest BCUT2D eigenvalue weighted by Gasteiger charge is -2.41. The minimum absolute atomic E-state index is 0.0904. The Bertz CT molecular complexity index is 1230. The maximum Gasteiger partial charge on any atom is 0.312 e. The first-order valence-electron chi connectivity index (χ1n) is 16.8. The third-order valence-electron chi connectivity index (χ3n) is 10.6. The lowest BCUT2D eigenvalue weighted by molar-refractivity contribution is -0.162. The van der Waals surface area contributed by atoms with Gasteiger partial charge >= 0.3 is 5.97 Å². The summed E-state index contributed by atoms with van der Waals surface area (Å²) in [6.45, 7) is 19.7. The largest absolute Gasteiger partial charge is 0.465 e. The Morgan fingerprint density at radius 1 is 1.11 bits per heavy atom. The van der Waals surface area contributed by atoms with E-state index in [1.165, 1.54) is 0 Å². The van der Waals surface area contributed by atoms with Crippen LogP contribution in [0.3, 0.4) is 0 Å². The van der Waals surface area contributed by atoms with Gasteiger partial charge in [-0.25, -0.2) is 0 Å². The summed E-state index contributed by atoms with van der Waals surface area (Å²) in [6.07, 6.45) is 7.04. The number of allylic oxidation sites excluding steroid dienone is 1. The molecule has 1 spiro atoms. The van der Waals surface area contributed by atoms with E-state index in [9.17, 15) is 19.5 Å². The van der Waals surface area contributed by atoms with Gasteiger partial charge in [-0.3, -0.25) is 14.4 Å². The van der Waals surface area contributed by atoms with Gasteiger partial charge in [-0.2, -0.15) is 0 Å². The number of carbonyl (C=O) groups is 3. The zero-order valence-electron chi connectivity index (χ0n) is 27.9. The molecule has 2 bridgehead atoms. The third-order valence-corrected chi connectivity index (χ3v) is 10.6. The minimum atomic E-state index is -1.21. The highest BCUT2D eigenvalue weighted by Crippen LogP contribution is 2.65. The molecule has 2 amide bonds. The second kappa shape index (κ2) is 14.5. The number of aliphatic hydroxyl groups excluding tert-OH is 1. The lowest BCUT2D eigenvalue weighted by Crippen LogP contribution is -2.60. The minimum Gasteiger partial charge on any atom is -0.465 e. The first kappa shape index (κ1) is 34.7. The molecule has 248 valence electrons. The van der Waals surface area contributed by atoms with Crippen molar-refractivity contribution in [1.29, 1.82) is 0 Å². The third kappa shape index (κ3) is 5.94. The maximum absolute atomic E-state index is 15.0. The van der Waals surface area contributed by atoms with Crippen molar-refractivity contribution in [2.24, 2.45) is 17.8 Å². The molecule has 3 fully saturated rings. The number of rotatable bonds is 17. The number of benzene rings is 1. The van der Waals surface area contributed by atoms with E-state index in [0.717, 1.165) is 18.8 Å². The van der Waals surface area contributed by atoms with Crippen molar-refractivity contribution in [2.75, 3.05) is 42.6 Å². The van der Waals surface area contributed by atoms with E-state index < -0.39 is 41.1 Å². The van der Waals surface area contributed by atoms with Crippen molar-refractivity contribution in [3.05, 3.63) is 49.6 Å². The smallest absolute Gasteiger partial charge is 0.312 e. The summed E-state index contributed by atoms with van der Waals surface area (Å²) >= 11 is 0. The van der Waals surface area contributed by atoms with E-state index in [2.05, 4.69) is 31.9 Å². The molecule has 3 aliphatic heterocycles. The van der Waals surface area contributed by atoms with Crippen molar-refractivity contribution in [2.45, 2.75) is 96.4 Å². The number of aliphatic hydroxyl groups is 1. The second-order valence-electron chi connectivity index (χ2n) is 12.7. The summed E-state index contributed by atoms with van der Waals surface area (Å²) in [5, 5.41) is 10.7. The summed E-state index contributed by atoms with van der Waals surface area (Å²) in [5.74, 6) is -2.85. The Balaban J connectivity index is 1.81. The summed E-state index contributed by atoms with van der Waals surface area (Å²) < 4.78 is 12.7. The number of esters is 1. The molecule has 3 aliphatic rings. The molecule has 0 radical (unpaired) electrons. The van der Waals surface area contributed by atoms with Crippen LogP contribution in [0.2, 0.25) is 0 Å². The molecule has 9 heteroatoms. The number of hydrogen-bond acceptors (Lipinski definition) is 7. The van der Waals surface area contributed by atoms with E-state index in [-0.39, 0.29) is 37.5 Å². The number of amides is 2. The van der Waals surface area contributed by atoms with Crippen LogP contribution in [0.4, 0.5) is 11.4 Å². The molecule has 9 nitrogen and oxygen atoms in total. The Labute approximate surface area is 269 Å². The Hall–Kier alpha value is -3.17. The molecule has 1 N–H and O–H groups in total. The Morgan fingerprint density at radius 3 is 2.33 bits per heavy atom. The molecule has 45 heavy (non-hydrogen) atoms. The van der Waals surface area contributed by atoms with E-state index in [1.54, 1.807) is 22.0 Å². The number of nitrogens with zero attached hydrogens (tertiary/aromatic N) is 3.